The molecule has 2 aromatic rings. The minimum Gasteiger partial charge on any atom is -0.366 e. The molecule has 6 nitrogen and oxygen atoms in total. The molecule has 1 aliphatic rings. The number of nitrogens with zero attached hydrogens (tertiary/aromatic N) is 5. The Hall–Kier alpha value is -1.43. The minimum absolute atomic E-state index is 0.448. The quantitative estimate of drug-likeness (QED) is 0.857. The standard InChI is InChI=1S/C11H15ClN6/c12-7-8-2-1-3-9(6-8)13-10-4-5-11-14-16-17-18(11)15-10/h4-5,8-9H,1-3,6-7H2,(H,13,15). The second kappa shape index (κ2) is 5.06. The molecule has 2 aromatic heterocycles. The van der Waals surface area contributed by atoms with Crippen molar-refractivity contribution in [2.75, 3.05) is 11.2 Å². The number of alkyl halides is 1. The average molecular weight is 267 g/mol. The van der Waals surface area contributed by atoms with Crippen LogP contribution in [-0.4, -0.2) is 37.2 Å². The Bertz CT molecular complexity index is 527. The van der Waals surface area contributed by atoms with E-state index in [1.54, 1.807) is 0 Å². The number of tetrazole rings is 1. The van der Waals surface area contributed by atoms with Crippen LogP contribution in [0.3, 0.4) is 0 Å². The lowest BCUT2D eigenvalue weighted by Gasteiger charge is -2.28. The first kappa shape index (κ1) is 11.6. The molecule has 1 fully saturated rings. The van der Waals surface area contributed by atoms with Crippen molar-refractivity contribution in [2.45, 2.75) is 31.7 Å². The van der Waals surface area contributed by atoms with E-state index in [0.29, 0.717) is 17.6 Å². The van der Waals surface area contributed by atoms with E-state index in [1.165, 1.54) is 23.9 Å². The number of hydrogen-bond acceptors (Lipinski definition) is 5. The third kappa shape index (κ3) is 2.38. The lowest BCUT2D eigenvalue weighted by Crippen LogP contribution is -2.28. The van der Waals surface area contributed by atoms with Crippen LogP contribution < -0.4 is 5.32 Å². The van der Waals surface area contributed by atoms with Gasteiger partial charge in [0.25, 0.3) is 0 Å². The van der Waals surface area contributed by atoms with E-state index in [4.69, 9.17) is 11.6 Å². The molecule has 1 saturated carbocycles. The summed E-state index contributed by atoms with van der Waals surface area (Å²) in [5.41, 5.74) is 0.655. The Morgan fingerprint density at radius 1 is 1.39 bits per heavy atom. The fourth-order valence-electron chi connectivity index (χ4n) is 2.50. The topological polar surface area (TPSA) is 68.0 Å². The van der Waals surface area contributed by atoms with Crippen molar-refractivity contribution in [3.05, 3.63) is 12.1 Å². The zero-order valence-electron chi connectivity index (χ0n) is 9.96. The maximum atomic E-state index is 5.94. The zero-order chi connectivity index (χ0) is 12.4. The van der Waals surface area contributed by atoms with Crippen LogP contribution in [-0.2, 0) is 0 Å². The molecule has 0 bridgehead atoms. The molecule has 0 amide bonds. The van der Waals surface area contributed by atoms with Gasteiger partial charge in [-0.1, -0.05) is 6.42 Å². The van der Waals surface area contributed by atoms with Gasteiger partial charge in [-0.3, -0.25) is 0 Å². The summed E-state index contributed by atoms with van der Waals surface area (Å²) >= 11 is 5.94. The third-order valence-electron chi connectivity index (χ3n) is 3.42. The third-order valence-corrected chi connectivity index (χ3v) is 3.86. The first-order chi connectivity index (χ1) is 8.85. The summed E-state index contributed by atoms with van der Waals surface area (Å²) in [5, 5.41) is 18.9. The highest BCUT2D eigenvalue weighted by Crippen LogP contribution is 2.27. The summed E-state index contributed by atoms with van der Waals surface area (Å²) in [6.07, 6.45) is 4.74. The molecule has 2 heterocycles. The number of halogens is 1. The predicted octanol–water partition coefficient (Wildman–Crippen LogP) is 1.73. The highest BCUT2D eigenvalue weighted by atomic mass is 35.5. The summed E-state index contributed by atoms with van der Waals surface area (Å²) < 4.78 is 1.43. The summed E-state index contributed by atoms with van der Waals surface area (Å²) in [6, 6.07) is 4.22. The van der Waals surface area contributed by atoms with Gasteiger partial charge in [0, 0.05) is 11.9 Å². The van der Waals surface area contributed by atoms with Gasteiger partial charge in [-0.2, -0.15) is 0 Å². The molecule has 0 radical (unpaired) electrons. The normalized spacial score (nSPS) is 24.3. The Balaban J connectivity index is 1.71. The number of hydrogen-bond donors (Lipinski definition) is 1. The van der Waals surface area contributed by atoms with Crippen LogP contribution in [0, 0.1) is 5.92 Å². The van der Waals surface area contributed by atoms with Crippen LogP contribution in [0.25, 0.3) is 5.65 Å². The molecule has 2 atom stereocenters. The molecule has 0 aliphatic heterocycles. The van der Waals surface area contributed by atoms with E-state index in [2.05, 4.69) is 25.9 Å². The van der Waals surface area contributed by atoms with Crippen molar-refractivity contribution in [1.29, 1.82) is 0 Å². The highest BCUT2D eigenvalue weighted by Gasteiger charge is 2.21. The van der Waals surface area contributed by atoms with Gasteiger partial charge in [0.15, 0.2) is 5.65 Å². The van der Waals surface area contributed by atoms with Gasteiger partial charge in [-0.05, 0) is 47.7 Å². The second-order valence-electron chi connectivity index (χ2n) is 4.77. The van der Waals surface area contributed by atoms with E-state index in [-0.39, 0.29) is 0 Å². The van der Waals surface area contributed by atoms with Gasteiger partial charge in [-0.25, -0.2) is 0 Å². The first-order valence-electron chi connectivity index (χ1n) is 6.23. The van der Waals surface area contributed by atoms with Crippen molar-refractivity contribution in [3.8, 4) is 0 Å². The first-order valence-corrected chi connectivity index (χ1v) is 6.76. The predicted molar refractivity (Wildman–Crippen MR) is 68.7 cm³/mol. The highest BCUT2D eigenvalue weighted by molar-refractivity contribution is 6.18. The molecule has 7 heteroatoms. The zero-order valence-corrected chi connectivity index (χ0v) is 10.7. The smallest absolute Gasteiger partial charge is 0.200 e. The van der Waals surface area contributed by atoms with E-state index in [9.17, 15) is 0 Å². The summed E-state index contributed by atoms with van der Waals surface area (Å²) in [4.78, 5) is 0. The monoisotopic (exact) mass is 266 g/mol. The van der Waals surface area contributed by atoms with Gasteiger partial charge in [0.2, 0.25) is 0 Å². The minimum atomic E-state index is 0.448. The van der Waals surface area contributed by atoms with Crippen molar-refractivity contribution in [2.24, 2.45) is 5.92 Å². The van der Waals surface area contributed by atoms with E-state index < -0.39 is 0 Å². The number of rotatable bonds is 3. The Labute approximate surface area is 110 Å². The fraction of sp³-hybridized carbons (Fsp3) is 0.636. The van der Waals surface area contributed by atoms with E-state index >= 15 is 0 Å². The van der Waals surface area contributed by atoms with Crippen LogP contribution >= 0.6 is 11.6 Å². The van der Waals surface area contributed by atoms with Crippen LogP contribution in [0.15, 0.2) is 12.1 Å². The van der Waals surface area contributed by atoms with Gasteiger partial charge < -0.3 is 5.32 Å². The summed E-state index contributed by atoms with van der Waals surface area (Å²) in [6.45, 7) is 0. The summed E-state index contributed by atoms with van der Waals surface area (Å²) in [7, 11) is 0. The Morgan fingerprint density at radius 3 is 3.22 bits per heavy atom. The van der Waals surface area contributed by atoms with Crippen LogP contribution in [0.1, 0.15) is 25.7 Å². The van der Waals surface area contributed by atoms with E-state index in [1.807, 2.05) is 12.1 Å². The number of nitrogens with one attached hydrogen (secondary N) is 1. The lowest BCUT2D eigenvalue weighted by molar-refractivity contribution is 0.361. The molecule has 18 heavy (non-hydrogen) atoms. The molecule has 0 saturated heterocycles. The maximum Gasteiger partial charge on any atom is 0.200 e. The van der Waals surface area contributed by atoms with Crippen molar-refractivity contribution >= 4 is 23.1 Å². The molecule has 96 valence electrons. The molecular formula is C11H15ClN6. The molecular weight excluding hydrogens is 252 g/mol. The largest absolute Gasteiger partial charge is 0.366 e. The average Bonchev–Trinajstić information content (AvgIpc) is 2.86. The number of aromatic nitrogens is 5. The molecule has 1 aliphatic carbocycles. The van der Waals surface area contributed by atoms with Crippen molar-refractivity contribution in [3.63, 3.8) is 0 Å². The maximum absolute atomic E-state index is 5.94. The van der Waals surface area contributed by atoms with Crippen LogP contribution in [0.2, 0.25) is 0 Å². The van der Waals surface area contributed by atoms with Gasteiger partial charge >= 0.3 is 0 Å². The van der Waals surface area contributed by atoms with Crippen LogP contribution in [0.5, 0.6) is 0 Å². The van der Waals surface area contributed by atoms with Gasteiger partial charge in [0.1, 0.15) is 5.82 Å². The second-order valence-corrected chi connectivity index (χ2v) is 5.08. The van der Waals surface area contributed by atoms with Gasteiger partial charge in [0.05, 0.1) is 0 Å². The summed E-state index contributed by atoms with van der Waals surface area (Å²) in [5.74, 6) is 2.18. The Kier molecular flexibility index (Phi) is 3.27. The molecule has 0 aromatic carbocycles. The SMILES string of the molecule is ClCC1CCCC(Nc2ccc3nnnn3n2)C1. The lowest BCUT2D eigenvalue weighted by atomic mass is 9.87. The molecule has 0 spiro atoms. The number of anilines is 1. The van der Waals surface area contributed by atoms with Gasteiger partial charge in [-0.15, -0.1) is 26.4 Å². The molecule has 1 N–H and O–H groups in total. The van der Waals surface area contributed by atoms with E-state index in [0.717, 1.165) is 18.1 Å². The fourth-order valence-corrected chi connectivity index (χ4v) is 2.78. The van der Waals surface area contributed by atoms with Crippen molar-refractivity contribution < 1.29 is 0 Å². The number of fused-ring (bicyclic) bond motifs is 1. The van der Waals surface area contributed by atoms with Crippen molar-refractivity contribution in [1.82, 2.24) is 25.3 Å². The molecule has 3 rings (SSSR count). The Morgan fingerprint density at radius 2 is 2.33 bits per heavy atom. The molecule has 2 unspecified atom stereocenters. The van der Waals surface area contributed by atoms with Crippen LogP contribution in [0.4, 0.5) is 5.82 Å².